The molecular weight excluding hydrogens is 208 g/mol. The van der Waals surface area contributed by atoms with Gasteiger partial charge in [0.1, 0.15) is 0 Å². The van der Waals surface area contributed by atoms with E-state index in [4.69, 9.17) is 6.42 Å². The molecule has 0 atom stereocenters. The van der Waals surface area contributed by atoms with Crippen LogP contribution in [0.2, 0.25) is 0 Å². The van der Waals surface area contributed by atoms with Crippen molar-refractivity contribution in [2.24, 2.45) is 0 Å². The number of sulfone groups is 1. The standard InChI is InChI=1S/C12H14O2S/c1-5-12(2,3)10-6-8-11(9-7-10)15(4,13)14/h1,6-9H,2-4H3. The average molecular weight is 222 g/mol. The SMILES string of the molecule is C#CC(C)(C)c1ccc(S(C)(=O)=O)cc1. The number of rotatable bonds is 2. The van der Waals surface area contributed by atoms with Crippen LogP contribution in [0, 0.1) is 12.3 Å². The molecule has 0 aliphatic rings. The van der Waals surface area contributed by atoms with E-state index in [0.717, 1.165) is 5.56 Å². The normalized spacial score (nSPS) is 12.1. The summed E-state index contributed by atoms with van der Waals surface area (Å²) in [4.78, 5) is 0.319. The van der Waals surface area contributed by atoms with E-state index in [1.807, 2.05) is 13.8 Å². The zero-order valence-electron chi connectivity index (χ0n) is 9.11. The highest BCUT2D eigenvalue weighted by molar-refractivity contribution is 7.90. The molecule has 2 nitrogen and oxygen atoms in total. The predicted molar refractivity (Wildman–Crippen MR) is 61.4 cm³/mol. The van der Waals surface area contributed by atoms with Crippen LogP contribution in [0.15, 0.2) is 29.2 Å². The minimum atomic E-state index is -3.12. The van der Waals surface area contributed by atoms with Gasteiger partial charge in [-0.05, 0) is 31.5 Å². The van der Waals surface area contributed by atoms with Crippen LogP contribution in [0.3, 0.4) is 0 Å². The molecular formula is C12H14O2S. The first kappa shape index (κ1) is 11.8. The Morgan fingerprint density at radius 2 is 1.67 bits per heavy atom. The first-order valence-electron chi connectivity index (χ1n) is 4.56. The Kier molecular flexibility index (Phi) is 2.92. The fraction of sp³-hybridized carbons (Fsp3) is 0.333. The molecule has 0 radical (unpaired) electrons. The molecule has 0 saturated carbocycles. The summed E-state index contributed by atoms with van der Waals surface area (Å²) in [5.41, 5.74) is 0.577. The molecule has 80 valence electrons. The van der Waals surface area contributed by atoms with E-state index in [-0.39, 0.29) is 5.41 Å². The van der Waals surface area contributed by atoms with Crippen LogP contribution in [0.4, 0.5) is 0 Å². The molecule has 15 heavy (non-hydrogen) atoms. The van der Waals surface area contributed by atoms with Gasteiger partial charge < -0.3 is 0 Å². The molecule has 0 aliphatic heterocycles. The molecule has 1 rings (SSSR count). The lowest BCUT2D eigenvalue weighted by Crippen LogP contribution is -2.13. The Balaban J connectivity index is 3.19. The van der Waals surface area contributed by atoms with Crippen LogP contribution in [0.1, 0.15) is 19.4 Å². The van der Waals surface area contributed by atoms with Crippen LogP contribution in [0.25, 0.3) is 0 Å². The Labute approximate surface area is 91.2 Å². The van der Waals surface area contributed by atoms with E-state index in [1.165, 1.54) is 6.26 Å². The second-order valence-corrected chi connectivity index (χ2v) is 6.08. The van der Waals surface area contributed by atoms with Crippen LogP contribution >= 0.6 is 0 Å². The van der Waals surface area contributed by atoms with Gasteiger partial charge in [0.05, 0.1) is 10.3 Å². The van der Waals surface area contributed by atoms with Gasteiger partial charge in [-0.1, -0.05) is 18.1 Å². The van der Waals surface area contributed by atoms with Gasteiger partial charge in [0.15, 0.2) is 9.84 Å². The third kappa shape index (κ3) is 2.60. The summed E-state index contributed by atoms with van der Waals surface area (Å²) in [5, 5.41) is 0. The van der Waals surface area contributed by atoms with Gasteiger partial charge in [0, 0.05) is 6.26 Å². The highest BCUT2D eigenvalue weighted by Gasteiger charge is 2.17. The summed E-state index contributed by atoms with van der Waals surface area (Å²) in [6.45, 7) is 3.84. The molecule has 3 heteroatoms. The van der Waals surface area contributed by atoms with Crippen molar-refractivity contribution in [1.29, 1.82) is 0 Å². The van der Waals surface area contributed by atoms with Crippen LogP contribution < -0.4 is 0 Å². The average Bonchev–Trinajstić information content (AvgIpc) is 2.17. The molecule has 0 heterocycles. The highest BCUT2D eigenvalue weighted by atomic mass is 32.2. The molecule has 0 saturated heterocycles. The maximum Gasteiger partial charge on any atom is 0.175 e. The van der Waals surface area contributed by atoms with Gasteiger partial charge in [-0.2, -0.15) is 0 Å². The summed E-state index contributed by atoms with van der Waals surface area (Å²) < 4.78 is 22.4. The van der Waals surface area contributed by atoms with Gasteiger partial charge >= 0.3 is 0 Å². The largest absolute Gasteiger partial charge is 0.224 e. The molecule has 0 spiro atoms. The number of hydrogen-bond acceptors (Lipinski definition) is 2. The lowest BCUT2D eigenvalue weighted by molar-refractivity contribution is 0.601. The fourth-order valence-electron chi connectivity index (χ4n) is 1.20. The van der Waals surface area contributed by atoms with E-state index in [1.54, 1.807) is 24.3 Å². The summed E-state index contributed by atoms with van der Waals surface area (Å²) in [7, 11) is -3.12. The third-order valence-electron chi connectivity index (χ3n) is 2.37. The van der Waals surface area contributed by atoms with Crippen LogP contribution in [-0.2, 0) is 15.3 Å². The quantitative estimate of drug-likeness (QED) is 0.717. The molecule has 0 fully saturated rings. The smallest absolute Gasteiger partial charge is 0.175 e. The van der Waals surface area contributed by atoms with Crippen molar-refractivity contribution in [2.75, 3.05) is 6.26 Å². The van der Waals surface area contributed by atoms with Gasteiger partial charge in [0.2, 0.25) is 0 Å². The summed E-state index contributed by atoms with van der Waals surface area (Å²) in [6, 6.07) is 6.69. The zero-order valence-corrected chi connectivity index (χ0v) is 9.93. The second-order valence-electron chi connectivity index (χ2n) is 4.07. The maximum absolute atomic E-state index is 11.2. The Hall–Kier alpha value is -1.27. The molecule has 0 aliphatic carbocycles. The molecule has 0 amide bonds. The van der Waals surface area contributed by atoms with Crippen molar-refractivity contribution in [3.8, 4) is 12.3 Å². The fourth-order valence-corrected chi connectivity index (χ4v) is 1.83. The van der Waals surface area contributed by atoms with E-state index in [2.05, 4.69) is 5.92 Å². The zero-order chi connectivity index (χ0) is 11.7. The Morgan fingerprint density at radius 1 is 1.20 bits per heavy atom. The number of benzene rings is 1. The Bertz CT molecular complexity index is 487. The van der Waals surface area contributed by atoms with Crippen LogP contribution in [0.5, 0.6) is 0 Å². The monoisotopic (exact) mass is 222 g/mol. The van der Waals surface area contributed by atoms with Crippen molar-refractivity contribution >= 4 is 9.84 Å². The van der Waals surface area contributed by atoms with Crippen molar-refractivity contribution in [3.63, 3.8) is 0 Å². The van der Waals surface area contributed by atoms with E-state index in [0.29, 0.717) is 4.90 Å². The van der Waals surface area contributed by atoms with Crippen molar-refractivity contribution in [3.05, 3.63) is 29.8 Å². The van der Waals surface area contributed by atoms with Crippen LogP contribution in [-0.4, -0.2) is 14.7 Å². The lowest BCUT2D eigenvalue weighted by Gasteiger charge is -2.17. The van der Waals surface area contributed by atoms with Gasteiger partial charge in [-0.25, -0.2) is 8.42 Å². The van der Waals surface area contributed by atoms with E-state index < -0.39 is 9.84 Å². The lowest BCUT2D eigenvalue weighted by atomic mass is 9.86. The van der Waals surface area contributed by atoms with Crippen molar-refractivity contribution < 1.29 is 8.42 Å². The first-order chi connectivity index (χ1) is 6.77. The molecule has 1 aromatic carbocycles. The maximum atomic E-state index is 11.2. The van der Waals surface area contributed by atoms with Gasteiger partial charge in [0.25, 0.3) is 0 Å². The van der Waals surface area contributed by atoms with Gasteiger partial charge in [-0.15, -0.1) is 6.42 Å². The molecule has 0 aromatic heterocycles. The molecule has 0 N–H and O–H groups in total. The van der Waals surface area contributed by atoms with Gasteiger partial charge in [-0.3, -0.25) is 0 Å². The minimum absolute atomic E-state index is 0.319. The summed E-state index contributed by atoms with van der Waals surface area (Å²) in [5.74, 6) is 2.67. The summed E-state index contributed by atoms with van der Waals surface area (Å²) >= 11 is 0. The Morgan fingerprint density at radius 3 is 2.00 bits per heavy atom. The number of hydrogen-bond donors (Lipinski definition) is 0. The van der Waals surface area contributed by atoms with Crippen molar-refractivity contribution in [2.45, 2.75) is 24.2 Å². The minimum Gasteiger partial charge on any atom is -0.224 e. The number of terminal acetylenes is 1. The molecule has 0 bridgehead atoms. The highest BCUT2D eigenvalue weighted by Crippen LogP contribution is 2.23. The predicted octanol–water partition coefficient (Wildman–Crippen LogP) is 2.00. The topological polar surface area (TPSA) is 34.1 Å². The molecule has 0 unspecified atom stereocenters. The van der Waals surface area contributed by atoms with E-state index in [9.17, 15) is 8.42 Å². The van der Waals surface area contributed by atoms with E-state index >= 15 is 0 Å². The third-order valence-corrected chi connectivity index (χ3v) is 3.49. The molecule has 1 aromatic rings. The first-order valence-corrected chi connectivity index (χ1v) is 6.45. The van der Waals surface area contributed by atoms with Crippen molar-refractivity contribution in [1.82, 2.24) is 0 Å². The summed E-state index contributed by atoms with van der Waals surface area (Å²) in [6.07, 6.45) is 6.58. The second kappa shape index (κ2) is 3.71.